The largest absolute Gasteiger partial charge is 0.373 e. The van der Waals surface area contributed by atoms with Crippen LogP contribution in [0, 0.1) is 5.92 Å². The number of fused-ring (bicyclic) bond motifs is 1. The summed E-state index contributed by atoms with van der Waals surface area (Å²) in [6.07, 6.45) is 8.81. The molecule has 20 heavy (non-hydrogen) atoms. The molecule has 1 aromatic carbocycles. The number of hydrogen-bond donors (Lipinski definition) is 2. The summed E-state index contributed by atoms with van der Waals surface area (Å²) in [4.78, 5) is 12.1. The summed E-state index contributed by atoms with van der Waals surface area (Å²) in [6, 6.07) is 8.09. The predicted molar refractivity (Wildman–Crippen MR) is 81.8 cm³/mol. The standard InChI is InChI=1S/C17H24N2O/c20-17(18-11-5-8-13-6-1-2-7-13)16-12-14-9-3-4-10-15(14)19-16/h3-4,9-10,13,16,19H,1-2,5-8,11-12H2,(H,18,20)/t16-/m0/s1. The van der Waals surface area contributed by atoms with E-state index in [0.717, 1.165) is 31.0 Å². The second-order valence-electron chi connectivity index (χ2n) is 6.14. The van der Waals surface area contributed by atoms with Gasteiger partial charge in [0.1, 0.15) is 6.04 Å². The number of carbonyl (C=O) groups excluding carboxylic acids is 1. The Morgan fingerprint density at radius 2 is 2.05 bits per heavy atom. The summed E-state index contributed by atoms with van der Waals surface area (Å²) in [5, 5.41) is 6.39. The molecule has 1 aromatic rings. The second-order valence-corrected chi connectivity index (χ2v) is 6.14. The maximum Gasteiger partial charge on any atom is 0.242 e. The zero-order valence-electron chi connectivity index (χ0n) is 12.0. The van der Waals surface area contributed by atoms with Crippen LogP contribution in [-0.2, 0) is 11.2 Å². The predicted octanol–water partition coefficient (Wildman–Crippen LogP) is 3.11. The molecule has 0 unspecified atom stereocenters. The number of nitrogens with one attached hydrogen (secondary N) is 2. The van der Waals surface area contributed by atoms with Crippen LogP contribution in [0.1, 0.15) is 44.1 Å². The van der Waals surface area contributed by atoms with Gasteiger partial charge >= 0.3 is 0 Å². The molecule has 0 bridgehead atoms. The Bertz CT molecular complexity index is 441. The van der Waals surface area contributed by atoms with Gasteiger partial charge < -0.3 is 10.6 Å². The van der Waals surface area contributed by atoms with Gasteiger partial charge in [-0.15, -0.1) is 0 Å². The van der Waals surface area contributed by atoms with E-state index in [2.05, 4.69) is 16.7 Å². The number of para-hydroxylation sites is 1. The zero-order chi connectivity index (χ0) is 13.8. The molecule has 1 fully saturated rings. The Morgan fingerprint density at radius 3 is 2.85 bits per heavy atom. The van der Waals surface area contributed by atoms with Crippen LogP contribution in [-0.4, -0.2) is 18.5 Å². The van der Waals surface area contributed by atoms with Gasteiger partial charge in [-0.05, 0) is 30.4 Å². The molecule has 0 radical (unpaired) electrons. The minimum Gasteiger partial charge on any atom is -0.373 e. The van der Waals surface area contributed by atoms with Gasteiger partial charge in [-0.2, -0.15) is 0 Å². The SMILES string of the molecule is O=C(NCCCC1CCCC1)[C@@H]1Cc2ccccc2N1. The molecule has 1 aliphatic carbocycles. The van der Waals surface area contributed by atoms with Gasteiger partial charge in [-0.25, -0.2) is 0 Å². The van der Waals surface area contributed by atoms with E-state index in [9.17, 15) is 4.79 Å². The average Bonchev–Trinajstić information content (AvgIpc) is 3.12. The number of hydrogen-bond acceptors (Lipinski definition) is 2. The van der Waals surface area contributed by atoms with E-state index >= 15 is 0 Å². The molecular weight excluding hydrogens is 248 g/mol. The first kappa shape index (κ1) is 13.5. The third kappa shape index (κ3) is 3.14. The lowest BCUT2D eigenvalue weighted by Gasteiger charge is -2.13. The first-order chi connectivity index (χ1) is 9.83. The molecule has 3 nitrogen and oxygen atoms in total. The van der Waals surface area contributed by atoms with Crippen molar-refractivity contribution in [2.45, 2.75) is 51.0 Å². The first-order valence-corrected chi connectivity index (χ1v) is 7.95. The molecule has 1 atom stereocenters. The van der Waals surface area contributed by atoms with Gasteiger partial charge in [-0.1, -0.05) is 43.9 Å². The monoisotopic (exact) mass is 272 g/mol. The van der Waals surface area contributed by atoms with E-state index in [0.29, 0.717) is 0 Å². The van der Waals surface area contributed by atoms with Crippen molar-refractivity contribution in [1.82, 2.24) is 5.32 Å². The summed E-state index contributed by atoms with van der Waals surface area (Å²) in [5.74, 6) is 1.06. The summed E-state index contributed by atoms with van der Waals surface area (Å²) < 4.78 is 0. The lowest BCUT2D eigenvalue weighted by Crippen LogP contribution is -2.38. The number of amides is 1. The molecule has 3 rings (SSSR count). The molecule has 1 heterocycles. The Hall–Kier alpha value is -1.51. The van der Waals surface area contributed by atoms with Crippen molar-refractivity contribution in [3.05, 3.63) is 29.8 Å². The van der Waals surface area contributed by atoms with Crippen LogP contribution in [0.3, 0.4) is 0 Å². The van der Waals surface area contributed by atoms with Crippen LogP contribution in [0.5, 0.6) is 0 Å². The lowest BCUT2D eigenvalue weighted by molar-refractivity contribution is -0.121. The van der Waals surface area contributed by atoms with Crippen molar-refractivity contribution in [2.75, 3.05) is 11.9 Å². The van der Waals surface area contributed by atoms with Gasteiger partial charge in [0, 0.05) is 18.7 Å². The number of benzene rings is 1. The van der Waals surface area contributed by atoms with E-state index in [1.807, 2.05) is 18.2 Å². The molecule has 1 saturated carbocycles. The maximum atomic E-state index is 12.1. The summed E-state index contributed by atoms with van der Waals surface area (Å²) in [5.41, 5.74) is 2.36. The van der Waals surface area contributed by atoms with Crippen LogP contribution >= 0.6 is 0 Å². The topological polar surface area (TPSA) is 41.1 Å². The van der Waals surface area contributed by atoms with Crippen LogP contribution in [0.4, 0.5) is 5.69 Å². The van der Waals surface area contributed by atoms with E-state index in [4.69, 9.17) is 0 Å². The van der Waals surface area contributed by atoms with E-state index in [1.54, 1.807) is 0 Å². The van der Waals surface area contributed by atoms with Gasteiger partial charge in [0.05, 0.1) is 0 Å². The van der Waals surface area contributed by atoms with Crippen molar-refractivity contribution in [2.24, 2.45) is 5.92 Å². The number of anilines is 1. The number of carbonyl (C=O) groups is 1. The Morgan fingerprint density at radius 1 is 1.25 bits per heavy atom. The highest BCUT2D eigenvalue weighted by molar-refractivity contribution is 5.87. The summed E-state index contributed by atoms with van der Waals surface area (Å²) in [6.45, 7) is 0.823. The molecule has 1 aliphatic heterocycles. The molecule has 0 aromatic heterocycles. The highest BCUT2D eigenvalue weighted by Gasteiger charge is 2.25. The lowest BCUT2D eigenvalue weighted by atomic mass is 10.0. The van der Waals surface area contributed by atoms with Crippen LogP contribution < -0.4 is 10.6 Å². The van der Waals surface area contributed by atoms with Crippen molar-refractivity contribution < 1.29 is 4.79 Å². The smallest absolute Gasteiger partial charge is 0.242 e. The van der Waals surface area contributed by atoms with Crippen LogP contribution in [0.25, 0.3) is 0 Å². The molecule has 108 valence electrons. The highest BCUT2D eigenvalue weighted by Crippen LogP contribution is 2.28. The highest BCUT2D eigenvalue weighted by atomic mass is 16.2. The maximum absolute atomic E-state index is 12.1. The van der Waals surface area contributed by atoms with Crippen LogP contribution in [0.2, 0.25) is 0 Å². The van der Waals surface area contributed by atoms with Crippen molar-refractivity contribution >= 4 is 11.6 Å². The van der Waals surface area contributed by atoms with Gasteiger partial charge in [0.2, 0.25) is 5.91 Å². The van der Waals surface area contributed by atoms with E-state index in [-0.39, 0.29) is 11.9 Å². The fourth-order valence-corrected chi connectivity index (χ4v) is 3.48. The molecule has 3 heteroatoms. The molecule has 2 aliphatic rings. The van der Waals surface area contributed by atoms with Crippen LogP contribution in [0.15, 0.2) is 24.3 Å². The minimum absolute atomic E-state index is 0.0844. The fraction of sp³-hybridized carbons (Fsp3) is 0.588. The average molecular weight is 272 g/mol. The minimum atomic E-state index is -0.0844. The van der Waals surface area contributed by atoms with E-state index < -0.39 is 0 Å². The number of rotatable bonds is 5. The summed E-state index contributed by atoms with van der Waals surface area (Å²) in [7, 11) is 0. The first-order valence-electron chi connectivity index (χ1n) is 7.95. The molecule has 0 spiro atoms. The second kappa shape index (κ2) is 6.29. The van der Waals surface area contributed by atoms with Crippen molar-refractivity contribution in [1.29, 1.82) is 0 Å². The van der Waals surface area contributed by atoms with E-state index in [1.165, 1.54) is 37.7 Å². The Balaban J connectivity index is 1.38. The van der Waals surface area contributed by atoms with Gasteiger partial charge in [-0.3, -0.25) is 4.79 Å². The third-order valence-electron chi connectivity index (χ3n) is 4.65. The zero-order valence-corrected chi connectivity index (χ0v) is 12.0. The third-order valence-corrected chi connectivity index (χ3v) is 4.65. The quantitative estimate of drug-likeness (QED) is 0.809. The van der Waals surface area contributed by atoms with Crippen molar-refractivity contribution in [3.8, 4) is 0 Å². The molecule has 2 N–H and O–H groups in total. The Kier molecular flexibility index (Phi) is 4.24. The molecule has 0 saturated heterocycles. The van der Waals surface area contributed by atoms with Crippen molar-refractivity contribution in [3.63, 3.8) is 0 Å². The fourth-order valence-electron chi connectivity index (χ4n) is 3.48. The molecule has 1 amide bonds. The molecular formula is C17H24N2O. The van der Waals surface area contributed by atoms with Gasteiger partial charge in [0.25, 0.3) is 0 Å². The Labute approximate surface area is 121 Å². The summed E-state index contributed by atoms with van der Waals surface area (Å²) >= 11 is 0. The normalized spacial score (nSPS) is 21.5. The van der Waals surface area contributed by atoms with Gasteiger partial charge in [0.15, 0.2) is 0 Å².